The van der Waals surface area contributed by atoms with Gasteiger partial charge in [-0.2, -0.15) is 5.26 Å². The van der Waals surface area contributed by atoms with Gasteiger partial charge in [-0.3, -0.25) is 0 Å². The molecule has 2 aromatic rings. The Morgan fingerprint density at radius 1 is 1.47 bits per heavy atom. The van der Waals surface area contributed by atoms with Crippen LogP contribution in [0.3, 0.4) is 0 Å². The Hall–Kier alpha value is -2.28. The van der Waals surface area contributed by atoms with Gasteiger partial charge in [0, 0.05) is 17.4 Å². The SMILES string of the molecule is CCn1c(C(=O)OC)cc2ccc(C#N)cc21. The summed E-state index contributed by atoms with van der Waals surface area (Å²) >= 11 is 0. The zero-order valence-electron chi connectivity index (χ0n) is 9.73. The van der Waals surface area contributed by atoms with Crippen molar-refractivity contribution in [2.75, 3.05) is 7.11 Å². The number of fused-ring (bicyclic) bond motifs is 1. The van der Waals surface area contributed by atoms with Crippen molar-refractivity contribution in [1.82, 2.24) is 4.57 Å². The number of aromatic nitrogens is 1. The van der Waals surface area contributed by atoms with Gasteiger partial charge in [-0.25, -0.2) is 4.79 Å². The van der Waals surface area contributed by atoms with Crippen LogP contribution in [0.15, 0.2) is 24.3 Å². The molecule has 0 unspecified atom stereocenters. The largest absolute Gasteiger partial charge is 0.464 e. The molecule has 0 N–H and O–H groups in total. The van der Waals surface area contributed by atoms with Crippen molar-refractivity contribution in [3.8, 4) is 6.07 Å². The quantitative estimate of drug-likeness (QED) is 0.741. The molecule has 0 fully saturated rings. The Kier molecular flexibility index (Phi) is 2.84. The average Bonchev–Trinajstić information content (AvgIpc) is 2.74. The van der Waals surface area contributed by atoms with Gasteiger partial charge in [0.2, 0.25) is 0 Å². The van der Waals surface area contributed by atoms with Gasteiger partial charge in [-0.05, 0) is 25.1 Å². The fourth-order valence-electron chi connectivity index (χ4n) is 1.94. The molecule has 4 heteroatoms. The molecule has 0 atom stereocenters. The molecule has 1 aromatic carbocycles. The summed E-state index contributed by atoms with van der Waals surface area (Å²) in [6.45, 7) is 2.60. The highest BCUT2D eigenvalue weighted by Gasteiger charge is 2.15. The van der Waals surface area contributed by atoms with E-state index in [1.807, 2.05) is 17.6 Å². The zero-order valence-corrected chi connectivity index (χ0v) is 9.73. The summed E-state index contributed by atoms with van der Waals surface area (Å²) in [4.78, 5) is 11.6. The van der Waals surface area contributed by atoms with Crippen LogP contribution in [0.25, 0.3) is 10.9 Å². The summed E-state index contributed by atoms with van der Waals surface area (Å²) in [5.74, 6) is -0.360. The van der Waals surface area contributed by atoms with E-state index in [0.29, 0.717) is 17.8 Å². The predicted octanol–water partition coefficient (Wildman–Crippen LogP) is 2.32. The van der Waals surface area contributed by atoms with Gasteiger partial charge in [-0.15, -0.1) is 0 Å². The van der Waals surface area contributed by atoms with Crippen LogP contribution in [0.4, 0.5) is 0 Å². The standard InChI is InChI=1S/C13H12N2O2/c1-3-15-11-6-9(8-14)4-5-10(11)7-12(15)13(16)17-2/h4-7H,3H2,1-2H3. The van der Waals surface area contributed by atoms with Gasteiger partial charge < -0.3 is 9.30 Å². The lowest BCUT2D eigenvalue weighted by Gasteiger charge is -2.05. The number of hydrogen-bond donors (Lipinski definition) is 0. The molecule has 0 aliphatic heterocycles. The Morgan fingerprint density at radius 3 is 2.82 bits per heavy atom. The second-order valence-electron chi connectivity index (χ2n) is 3.65. The van der Waals surface area contributed by atoms with E-state index < -0.39 is 0 Å². The monoisotopic (exact) mass is 228 g/mol. The highest BCUT2D eigenvalue weighted by Crippen LogP contribution is 2.21. The maximum absolute atomic E-state index is 11.6. The predicted molar refractivity (Wildman–Crippen MR) is 63.7 cm³/mol. The fraction of sp³-hybridized carbons (Fsp3) is 0.231. The summed E-state index contributed by atoms with van der Waals surface area (Å²) in [5.41, 5.74) is 1.98. The van der Waals surface area contributed by atoms with Crippen molar-refractivity contribution < 1.29 is 9.53 Å². The maximum atomic E-state index is 11.6. The molecule has 0 saturated carbocycles. The van der Waals surface area contributed by atoms with Gasteiger partial charge >= 0.3 is 5.97 Å². The topological polar surface area (TPSA) is 55.0 Å². The first-order chi connectivity index (χ1) is 8.21. The van der Waals surface area contributed by atoms with Crippen molar-refractivity contribution in [3.63, 3.8) is 0 Å². The number of esters is 1. The summed E-state index contributed by atoms with van der Waals surface area (Å²) < 4.78 is 6.59. The van der Waals surface area contributed by atoms with Gasteiger partial charge in [0.05, 0.1) is 18.7 Å². The number of ether oxygens (including phenoxy) is 1. The van der Waals surface area contributed by atoms with Crippen LogP contribution in [0.2, 0.25) is 0 Å². The van der Waals surface area contributed by atoms with Crippen molar-refractivity contribution >= 4 is 16.9 Å². The molecule has 0 aliphatic carbocycles. The van der Waals surface area contributed by atoms with Crippen molar-refractivity contribution in [3.05, 3.63) is 35.5 Å². The first-order valence-corrected chi connectivity index (χ1v) is 5.33. The van der Waals surface area contributed by atoms with Crippen LogP contribution in [0.5, 0.6) is 0 Å². The molecule has 0 spiro atoms. The molecular formula is C13H12N2O2. The number of carbonyl (C=O) groups excluding carboxylic acids is 1. The van der Waals surface area contributed by atoms with Crippen LogP contribution in [0, 0.1) is 11.3 Å². The molecule has 0 bridgehead atoms. The minimum atomic E-state index is -0.360. The molecule has 17 heavy (non-hydrogen) atoms. The smallest absolute Gasteiger partial charge is 0.354 e. The van der Waals surface area contributed by atoms with Crippen molar-refractivity contribution in [2.24, 2.45) is 0 Å². The minimum absolute atomic E-state index is 0.360. The highest BCUT2D eigenvalue weighted by molar-refractivity contribution is 5.95. The van der Waals surface area contributed by atoms with Crippen LogP contribution in [-0.2, 0) is 11.3 Å². The zero-order chi connectivity index (χ0) is 12.4. The first-order valence-electron chi connectivity index (χ1n) is 5.33. The Balaban J connectivity index is 2.72. The molecule has 0 amide bonds. The lowest BCUT2D eigenvalue weighted by molar-refractivity contribution is 0.0589. The number of carbonyl (C=O) groups is 1. The highest BCUT2D eigenvalue weighted by atomic mass is 16.5. The molecule has 0 aliphatic rings. The molecule has 86 valence electrons. The third-order valence-corrected chi connectivity index (χ3v) is 2.74. The number of rotatable bonds is 2. The normalized spacial score (nSPS) is 10.2. The van der Waals surface area contributed by atoms with E-state index in [4.69, 9.17) is 10.00 Å². The van der Waals surface area contributed by atoms with E-state index in [1.54, 1.807) is 18.2 Å². The number of nitriles is 1. The number of hydrogen-bond acceptors (Lipinski definition) is 3. The molecule has 0 radical (unpaired) electrons. The Labute approximate surface area is 99.0 Å². The second-order valence-corrected chi connectivity index (χ2v) is 3.65. The molecule has 1 aromatic heterocycles. The Bertz CT molecular complexity index is 620. The summed E-state index contributed by atoms with van der Waals surface area (Å²) in [6, 6.07) is 9.24. The van der Waals surface area contributed by atoms with Gasteiger partial charge in [0.15, 0.2) is 0 Å². The minimum Gasteiger partial charge on any atom is -0.464 e. The van der Waals surface area contributed by atoms with E-state index >= 15 is 0 Å². The summed E-state index contributed by atoms with van der Waals surface area (Å²) in [6.07, 6.45) is 0. The van der Waals surface area contributed by atoms with Crippen LogP contribution in [0.1, 0.15) is 23.0 Å². The number of nitrogens with zero attached hydrogens (tertiary/aromatic N) is 2. The number of methoxy groups -OCH3 is 1. The van der Waals surface area contributed by atoms with Crippen LogP contribution in [-0.4, -0.2) is 17.6 Å². The maximum Gasteiger partial charge on any atom is 0.354 e. The van der Waals surface area contributed by atoms with E-state index in [-0.39, 0.29) is 5.97 Å². The molecule has 1 heterocycles. The average molecular weight is 228 g/mol. The molecule has 2 rings (SSSR count). The van der Waals surface area contributed by atoms with E-state index in [1.165, 1.54) is 7.11 Å². The second kappa shape index (κ2) is 4.30. The Morgan fingerprint density at radius 2 is 2.24 bits per heavy atom. The van der Waals surface area contributed by atoms with E-state index in [0.717, 1.165) is 10.9 Å². The van der Waals surface area contributed by atoms with E-state index in [9.17, 15) is 4.79 Å². The van der Waals surface area contributed by atoms with Gasteiger partial charge in [0.25, 0.3) is 0 Å². The van der Waals surface area contributed by atoms with Crippen molar-refractivity contribution in [1.29, 1.82) is 5.26 Å². The number of aryl methyl sites for hydroxylation is 1. The third kappa shape index (κ3) is 1.76. The van der Waals surface area contributed by atoms with Crippen LogP contribution < -0.4 is 0 Å². The molecular weight excluding hydrogens is 216 g/mol. The summed E-state index contributed by atoms with van der Waals surface area (Å²) in [5, 5.41) is 9.81. The fourth-order valence-corrected chi connectivity index (χ4v) is 1.94. The molecule has 0 saturated heterocycles. The van der Waals surface area contributed by atoms with Crippen LogP contribution >= 0.6 is 0 Å². The third-order valence-electron chi connectivity index (χ3n) is 2.74. The molecule has 4 nitrogen and oxygen atoms in total. The van der Waals surface area contributed by atoms with Gasteiger partial charge in [-0.1, -0.05) is 6.07 Å². The van der Waals surface area contributed by atoms with Crippen molar-refractivity contribution in [2.45, 2.75) is 13.5 Å². The lowest BCUT2D eigenvalue weighted by Crippen LogP contribution is -2.09. The van der Waals surface area contributed by atoms with Gasteiger partial charge in [0.1, 0.15) is 5.69 Å². The first kappa shape index (κ1) is 11.2. The number of benzene rings is 1. The summed E-state index contributed by atoms with van der Waals surface area (Å²) in [7, 11) is 1.36. The van der Waals surface area contributed by atoms with E-state index in [2.05, 4.69) is 6.07 Å². The lowest BCUT2D eigenvalue weighted by atomic mass is 10.2.